The Morgan fingerprint density at radius 2 is 0.973 bits per heavy atom. The summed E-state index contributed by atoms with van der Waals surface area (Å²) in [5.41, 5.74) is 10.7. The van der Waals surface area contributed by atoms with Gasteiger partial charge in [-0.2, -0.15) is 16.8 Å². The molecule has 4 aromatic rings. The predicted octanol–water partition coefficient (Wildman–Crippen LogP) is 3.99. The van der Waals surface area contributed by atoms with Gasteiger partial charge in [0.15, 0.2) is 0 Å². The summed E-state index contributed by atoms with van der Waals surface area (Å²) in [6.45, 7) is 0. The normalized spacial score (nSPS) is 14.3. The Hall–Kier alpha value is -3.84. The summed E-state index contributed by atoms with van der Waals surface area (Å²) >= 11 is 0. The lowest BCUT2D eigenvalue weighted by Crippen LogP contribution is -2.29. The maximum atomic E-state index is 14.9. The van der Waals surface area contributed by atoms with Gasteiger partial charge in [0.25, 0.3) is 20.2 Å². The van der Waals surface area contributed by atoms with Crippen molar-refractivity contribution in [1.29, 1.82) is 0 Å². The summed E-state index contributed by atoms with van der Waals surface area (Å²) in [5, 5.41) is 0. The van der Waals surface area contributed by atoms with Gasteiger partial charge in [-0.3, -0.25) is 9.11 Å². The Labute approximate surface area is 210 Å². The van der Waals surface area contributed by atoms with Crippen LogP contribution in [0.5, 0.6) is 0 Å². The van der Waals surface area contributed by atoms with Crippen LogP contribution in [0.25, 0.3) is 11.1 Å². The Morgan fingerprint density at radius 3 is 1.30 bits per heavy atom. The van der Waals surface area contributed by atoms with E-state index in [0.29, 0.717) is 11.1 Å². The first-order chi connectivity index (χ1) is 17.2. The van der Waals surface area contributed by atoms with Crippen LogP contribution in [0, 0.1) is 11.6 Å². The average molecular weight is 545 g/mol. The molecule has 0 unspecified atom stereocenters. The highest BCUT2D eigenvalue weighted by Crippen LogP contribution is 2.57. The number of benzene rings is 4. The highest BCUT2D eigenvalue weighted by Gasteiger charge is 2.47. The van der Waals surface area contributed by atoms with Gasteiger partial charge in [0.2, 0.25) is 0 Å². The Bertz CT molecular complexity index is 1710. The van der Waals surface area contributed by atoms with Crippen molar-refractivity contribution in [2.45, 2.75) is 15.2 Å². The number of nitrogen functional groups attached to an aromatic ring is 2. The molecule has 1 aliphatic rings. The summed E-state index contributed by atoms with van der Waals surface area (Å²) in [7, 11) is -9.42. The van der Waals surface area contributed by atoms with Crippen molar-refractivity contribution in [1.82, 2.24) is 0 Å². The molecule has 0 fully saturated rings. The molecule has 8 nitrogen and oxygen atoms in total. The summed E-state index contributed by atoms with van der Waals surface area (Å²) in [5.74, 6) is -1.67. The van der Waals surface area contributed by atoms with Crippen molar-refractivity contribution in [3.05, 3.63) is 107 Å². The number of fused-ring (bicyclic) bond motifs is 3. The molecule has 12 heteroatoms. The first kappa shape index (κ1) is 24.8. The first-order valence-corrected chi connectivity index (χ1v) is 13.5. The zero-order valence-electron chi connectivity index (χ0n) is 18.7. The Kier molecular flexibility index (Phi) is 5.42. The van der Waals surface area contributed by atoms with Gasteiger partial charge in [-0.05, 0) is 81.9 Å². The molecule has 0 aromatic heterocycles. The number of hydrogen-bond acceptors (Lipinski definition) is 6. The molecule has 37 heavy (non-hydrogen) atoms. The number of hydrogen-bond donors (Lipinski definition) is 4. The van der Waals surface area contributed by atoms with Crippen molar-refractivity contribution in [3.8, 4) is 11.1 Å². The average Bonchev–Trinajstić information content (AvgIpc) is 3.11. The van der Waals surface area contributed by atoms with E-state index in [1.54, 1.807) is 0 Å². The molecule has 0 saturated heterocycles. The van der Waals surface area contributed by atoms with E-state index in [4.69, 9.17) is 11.5 Å². The van der Waals surface area contributed by atoms with Gasteiger partial charge in [-0.1, -0.05) is 24.3 Å². The fourth-order valence-electron chi connectivity index (χ4n) is 4.91. The molecule has 0 saturated carbocycles. The van der Waals surface area contributed by atoms with Crippen molar-refractivity contribution in [3.63, 3.8) is 0 Å². The zero-order chi connectivity index (χ0) is 26.9. The standard InChI is InChI=1S/C25H18F2N2O6S2/c26-21-9-13(1-7-23(21)28)25(14-2-8-24(29)22(27)10-14)19-11-15(36(30,31)32)3-5-17(19)18-6-4-16(12-20(18)25)37(33,34)35/h1-12H,28-29H2,(H,30,31,32)(H,33,34,35). The zero-order valence-corrected chi connectivity index (χ0v) is 20.3. The second kappa shape index (κ2) is 8.08. The monoisotopic (exact) mass is 544 g/mol. The van der Waals surface area contributed by atoms with E-state index in [9.17, 15) is 34.7 Å². The molecule has 0 atom stereocenters. The van der Waals surface area contributed by atoms with Gasteiger partial charge in [0.1, 0.15) is 11.6 Å². The summed E-state index contributed by atoms with van der Waals surface area (Å²) in [4.78, 5) is -0.990. The van der Waals surface area contributed by atoms with Crippen LogP contribution in [0.2, 0.25) is 0 Å². The fourth-order valence-corrected chi connectivity index (χ4v) is 5.93. The molecule has 190 valence electrons. The number of nitrogens with two attached hydrogens (primary N) is 2. The molecule has 0 aliphatic heterocycles. The largest absolute Gasteiger partial charge is 0.396 e. The smallest absolute Gasteiger partial charge is 0.294 e. The minimum atomic E-state index is -4.71. The SMILES string of the molecule is Nc1ccc(C2(c3ccc(N)c(F)c3)c3cc(S(=O)(=O)O)ccc3-c3ccc(S(=O)(=O)O)cc32)cc1F. The fraction of sp³-hybridized carbons (Fsp3) is 0.0400. The van der Waals surface area contributed by atoms with Gasteiger partial charge >= 0.3 is 0 Å². The van der Waals surface area contributed by atoms with Crippen LogP contribution in [0.3, 0.4) is 0 Å². The van der Waals surface area contributed by atoms with E-state index in [1.165, 1.54) is 36.4 Å². The topological polar surface area (TPSA) is 161 Å². The highest BCUT2D eigenvalue weighted by atomic mass is 32.2. The second-order valence-electron chi connectivity index (χ2n) is 8.59. The van der Waals surface area contributed by atoms with E-state index in [1.807, 2.05) is 0 Å². The highest BCUT2D eigenvalue weighted by molar-refractivity contribution is 7.86. The van der Waals surface area contributed by atoms with E-state index >= 15 is 0 Å². The molecule has 0 heterocycles. The lowest BCUT2D eigenvalue weighted by molar-refractivity contribution is 0.481. The van der Waals surface area contributed by atoms with Crippen molar-refractivity contribution < 1.29 is 34.7 Å². The van der Waals surface area contributed by atoms with Gasteiger partial charge in [0.05, 0.1) is 26.6 Å². The van der Waals surface area contributed by atoms with Crippen LogP contribution in [0.1, 0.15) is 22.3 Å². The Balaban J connectivity index is 2.04. The second-order valence-corrected chi connectivity index (χ2v) is 11.4. The van der Waals surface area contributed by atoms with E-state index in [-0.39, 0.29) is 33.6 Å². The maximum Gasteiger partial charge on any atom is 0.294 e. The molecule has 0 amide bonds. The first-order valence-electron chi connectivity index (χ1n) is 10.6. The van der Waals surface area contributed by atoms with Gasteiger partial charge in [0, 0.05) is 0 Å². The minimum Gasteiger partial charge on any atom is -0.396 e. The van der Waals surface area contributed by atoms with E-state index in [0.717, 1.165) is 36.4 Å². The molecule has 5 rings (SSSR count). The molecular formula is C25H18F2N2O6S2. The number of rotatable bonds is 4. The molecule has 1 aliphatic carbocycles. The maximum absolute atomic E-state index is 14.9. The molecular weight excluding hydrogens is 526 g/mol. The molecule has 0 radical (unpaired) electrons. The van der Waals surface area contributed by atoms with Crippen LogP contribution in [0.15, 0.2) is 82.6 Å². The minimum absolute atomic E-state index is 0.142. The molecule has 6 N–H and O–H groups in total. The third-order valence-corrected chi connectivity index (χ3v) is 8.24. The van der Waals surface area contributed by atoms with Crippen molar-refractivity contribution in [2.24, 2.45) is 0 Å². The lowest BCUT2D eigenvalue weighted by Gasteiger charge is -2.34. The van der Waals surface area contributed by atoms with Crippen LogP contribution in [-0.4, -0.2) is 25.9 Å². The third kappa shape index (κ3) is 3.76. The lowest BCUT2D eigenvalue weighted by atomic mass is 9.67. The van der Waals surface area contributed by atoms with Crippen LogP contribution in [-0.2, 0) is 25.7 Å². The van der Waals surface area contributed by atoms with Crippen molar-refractivity contribution in [2.75, 3.05) is 11.5 Å². The molecule has 4 aromatic carbocycles. The van der Waals surface area contributed by atoms with Gasteiger partial charge in [-0.25, -0.2) is 8.78 Å². The number of halogens is 2. The van der Waals surface area contributed by atoms with Crippen LogP contribution < -0.4 is 11.5 Å². The van der Waals surface area contributed by atoms with Crippen LogP contribution in [0.4, 0.5) is 20.2 Å². The Morgan fingerprint density at radius 1 is 0.595 bits per heavy atom. The molecule has 0 spiro atoms. The van der Waals surface area contributed by atoms with Crippen LogP contribution >= 0.6 is 0 Å². The van der Waals surface area contributed by atoms with E-state index < -0.39 is 47.1 Å². The van der Waals surface area contributed by atoms with Crippen molar-refractivity contribution >= 4 is 31.6 Å². The van der Waals surface area contributed by atoms with Gasteiger partial charge in [-0.15, -0.1) is 0 Å². The summed E-state index contributed by atoms with van der Waals surface area (Å²) in [6, 6.07) is 14.9. The third-order valence-electron chi connectivity index (χ3n) is 6.54. The molecule has 0 bridgehead atoms. The number of anilines is 2. The predicted molar refractivity (Wildman–Crippen MR) is 132 cm³/mol. The van der Waals surface area contributed by atoms with E-state index in [2.05, 4.69) is 0 Å². The summed E-state index contributed by atoms with van der Waals surface area (Å²) in [6.07, 6.45) is 0. The quantitative estimate of drug-likeness (QED) is 0.195. The van der Waals surface area contributed by atoms with Gasteiger partial charge < -0.3 is 11.5 Å². The summed E-state index contributed by atoms with van der Waals surface area (Å²) < 4.78 is 97.5.